The van der Waals surface area contributed by atoms with Crippen LogP contribution in [0.3, 0.4) is 0 Å². The summed E-state index contributed by atoms with van der Waals surface area (Å²) < 4.78 is 0. The van der Waals surface area contributed by atoms with Gasteiger partial charge < -0.3 is 16.0 Å². The molecule has 1 aromatic rings. The minimum absolute atomic E-state index is 0.0711. The van der Waals surface area contributed by atoms with Crippen LogP contribution < -0.4 is 16.0 Å². The third-order valence-electron chi connectivity index (χ3n) is 3.63. The largest absolute Gasteiger partial charge is 0.373 e. The van der Waals surface area contributed by atoms with Crippen LogP contribution in [0.4, 0.5) is 5.69 Å². The predicted molar refractivity (Wildman–Crippen MR) is 78.4 cm³/mol. The van der Waals surface area contributed by atoms with E-state index in [0.29, 0.717) is 13.0 Å². The zero-order chi connectivity index (χ0) is 14.8. The van der Waals surface area contributed by atoms with Crippen molar-refractivity contribution < 1.29 is 9.59 Å². The van der Waals surface area contributed by atoms with Crippen molar-refractivity contribution in [1.29, 1.82) is 0 Å². The van der Waals surface area contributed by atoms with Crippen LogP contribution in [0.5, 0.6) is 0 Å². The fourth-order valence-electron chi connectivity index (χ4n) is 2.31. The first-order valence-electron chi connectivity index (χ1n) is 6.78. The molecule has 0 aliphatic carbocycles. The van der Waals surface area contributed by atoms with Gasteiger partial charge in [0.2, 0.25) is 11.8 Å². The summed E-state index contributed by atoms with van der Waals surface area (Å²) >= 11 is 0. The van der Waals surface area contributed by atoms with Crippen LogP contribution in [-0.4, -0.2) is 31.4 Å². The highest BCUT2D eigenvalue weighted by molar-refractivity contribution is 5.88. The minimum Gasteiger partial charge on any atom is -0.373 e. The summed E-state index contributed by atoms with van der Waals surface area (Å²) in [6.45, 7) is 3.94. The molecule has 0 aromatic heterocycles. The average molecular weight is 275 g/mol. The van der Waals surface area contributed by atoms with Crippen molar-refractivity contribution in [2.45, 2.75) is 26.3 Å². The van der Waals surface area contributed by atoms with Gasteiger partial charge in [-0.05, 0) is 25.5 Å². The maximum Gasteiger partial charge on any atom is 0.242 e. The molecule has 0 fully saturated rings. The smallest absolute Gasteiger partial charge is 0.242 e. The number of rotatable bonds is 4. The molecular formula is C15H21N3O2. The van der Waals surface area contributed by atoms with Gasteiger partial charge in [0, 0.05) is 25.7 Å². The van der Waals surface area contributed by atoms with E-state index in [9.17, 15) is 9.59 Å². The first-order chi connectivity index (χ1) is 9.44. The fraction of sp³-hybridized carbons (Fsp3) is 0.467. The molecule has 0 saturated heterocycles. The average Bonchev–Trinajstić information content (AvgIpc) is 2.87. The Morgan fingerprint density at radius 2 is 2.05 bits per heavy atom. The van der Waals surface area contributed by atoms with Crippen LogP contribution in [0.2, 0.25) is 0 Å². The van der Waals surface area contributed by atoms with Gasteiger partial charge >= 0.3 is 0 Å². The van der Waals surface area contributed by atoms with Crippen LogP contribution >= 0.6 is 0 Å². The molecule has 3 N–H and O–H groups in total. The topological polar surface area (TPSA) is 70.2 Å². The van der Waals surface area contributed by atoms with Crippen molar-refractivity contribution in [3.8, 4) is 0 Å². The van der Waals surface area contributed by atoms with E-state index in [1.165, 1.54) is 0 Å². The van der Waals surface area contributed by atoms with Gasteiger partial charge in [0.1, 0.15) is 6.04 Å². The number of hydrogen-bond donors (Lipinski definition) is 3. The Balaban J connectivity index is 1.90. The summed E-state index contributed by atoms with van der Waals surface area (Å²) in [6, 6.07) is 7.64. The summed E-state index contributed by atoms with van der Waals surface area (Å²) in [7, 11) is 1.60. The van der Waals surface area contributed by atoms with Crippen molar-refractivity contribution >= 4 is 17.5 Å². The quantitative estimate of drug-likeness (QED) is 0.765. The molecule has 0 radical (unpaired) electrons. The Morgan fingerprint density at radius 1 is 1.35 bits per heavy atom. The van der Waals surface area contributed by atoms with Crippen molar-refractivity contribution in [3.63, 3.8) is 0 Å². The van der Waals surface area contributed by atoms with E-state index in [0.717, 1.165) is 11.3 Å². The molecular weight excluding hydrogens is 254 g/mol. The predicted octanol–water partition coefficient (Wildman–Crippen LogP) is 0.912. The van der Waals surface area contributed by atoms with Gasteiger partial charge in [0.15, 0.2) is 0 Å². The zero-order valence-electron chi connectivity index (χ0n) is 12.1. The lowest BCUT2D eigenvalue weighted by Crippen LogP contribution is -2.47. The van der Waals surface area contributed by atoms with E-state index in [1.807, 2.05) is 38.1 Å². The molecule has 2 rings (SSSR count). The maximum atomic E-state index is 12.2. The minimum atomic E-state index is -0.615. The molecule has 1 aromatic carbocycles. The molecule has 1 aliphatic rings. The Bertz CT molecular complexity index is 501. The summed E-state index contributed by atoms with van der Waals surface area (Å²) in [5.41, 5.74) is 1.55. The molecule has 1 atom stereocenters. The molecule has 20 heavy (non-hydrogen) atoms. The number of anilines is 1. The fourth-order valence-corrected chi connectivity index (χ4v) is 2.31. The summed E-state index contributed by atoms with van der Waals surface area (Å²) in [4.78, 5) is 23.8. The SMILES string of the molecule is CNC(=O)C(C)(C)CNC(=O)C1Cc2ccccc2N1. The number of carbonyl (C=O) groups excluding carboxylic acids is 2. The molecule has 5 nitrogen and oxygen atoms in total. The van der Waals surface area contributed by atoms with Crippen LogP contribution in [0.25, 0.3) is 0 Å². The Labute approximate surface area is 119 Å². The Kier molecular flexibility index (Phi) is 3.97. The monoisotopic (exact) mass is 275 g/mol. The van der Waals surface area contributed by atoms with E-state index in [-0.39, 0.29) is 17.9 Å². The van der Waals surface area contributed by atoms with Crippen LogP contribution in [0.1, 0.15) is 19.4 Å². The number of hydrogen-bond acceptors (Lipinski definition) is 3. The van der Waals surface area contributed by atoms with Gasteiger partial charge in [-0.15, -0.1) is 0 Å². The van der Waals surface area contributed by atoms with Crippen molar-refractivity contribution in [2.75, 3.05) is 18.9 Å². The van der Waals surface area contributed by atoms with Gasteiger partial charge in [0.05, 0.1) is 5.41 Å². The first-order valence-corrected chi connectivity index (χ1v) is 6.78. The number of amides is 2. The highest BCUT2D eigenvalue weighted by Gasteiger charge is 2.30. The molecule has 0 bridgehead atoms. The highest BCUT2D eigenvalue weighted by atomic mass is 16.2. The second kappa shape index (κ2) is 5.53. The van der Waals surface area contributed by atoms with E-state index >= 15 is 0 Å². The summed E-state index contributed by atoms with van der Waals surface area (Å²) in [5.74, 6) is -0.154. The zero-order valence-corrected chi connectivity index (χ0v) is 12.1. The van der Waals surface area contributed by atoms with Gasteiger partial charge in [-0.25, -0.2) is 0 Å². The van der Waals surface area contributed by atoms with E-state index in [1.54, 1.807) is 7.05 Å². The molecule has 0 spiro atoms. The Morgan fingerprint density at radius 3 is 2.70 bits per heavy atom. The van der Waals surface area contributed by atoms with E-state index < -0.39 is 5.41 Å². The van der Waals surface area contributed by atoms with Gasteiger partial charge in [0.25, 0.3) is 0 Å². The molecule has 2 amide bonds. The molecule has 108 valence electrons. The van der Waals surface area contributed by atoms with Crippen LogP contribution in [0.15, 0.2) is 24.3 Å². The van der Waals surface area contributed by atoms with Crippen molar-refractivity contribution in [3.05, 3.63) is 29.8 Å². The lowest BCUT2D eigenvalue weighted by Gasteiger charge is -2.23. The van der Waals surface area contributed by atoms with Gasteiger partial charge in [-0.3, -0.25) is 9.59 Å². The third kappa shape index (κ3) is 2.92. The Hall–Kier alpha value is -2.04. The first kappa shape index (κ1) is 14.4. The van der Waals surface area contributed by atoms with Gasteiger partial charge in [-0.1, -0.05) is 18.2 Å². The number of carbonyl (C=O) groups is 2. The molecule has 0 saturated carbocycles. The lowest BCUT2D eigenvalue weighted by molar-refractivity contribution is -0.129. The van der Waals surface area contributed by atoms with Crippen molar-refractivity contribution in [1.82, 2.24) is 10.6 Å². The maximum absolute atomic E-state index is 12.2. The standard InChI is InChI=1S/C15H21N3O2/c1-15(2,14(20)16-3)9-17-13(19)12-8-10-6-4-5-7-11(10)18-12/h4-7,12,18H,8-9H2,1-3H3,(H,16,20)(H,17,19). The van der Waals surface area contributed by atoms with E-state index in [2.05, 4.69) is 16.0 Å². The summed E-state index contributed by atoms with van der Waals surface area (Å²) in [6.07, 6.45) is 0.683. The third-order valence-corrected chi connectivity index (χ3v) is 3.63. The number of fused-ring (bicyclic) bond motifs is 1. The second-order valence-corrected chi connectivity index (χ2v) is 5.74. The van der Waals surface area contributed by atoms with Crippen molar-refractivity contribution in [2.24, 2.45) is 5.41 Å². The van der Waals surface area contributed by atoms with Gasteiger partial charge in [-0.2, -0.15) is 0 Å². The summed E-state index contributed by atoms with van der Waals surface area (Å²) in [5, 5.41) is 8.66. The molecule has 5 heteroatoms. The molecule has 1 heterocycles. The van der Waals surface area contributed by atoms with Crippen LogP contribution in [0, 0.1) is 5.41 Å². The molecule has 1 unspecified atom stereocenters. The number of nitrogens with one attached hydrogen (secondary N) is 3. The van der Waals surface area contributed by atoms with Crippen LogP contribution in [-0.2, 0) is 16.0 Å². The number of benzene rings is 1. The van der Waals surface area contributed by atoms with E-state index in [4.69, 9.17) is 0 Å². The lowest BCUT2D eigenvalue weighted by atomic mass is 9.92. The number of para-hydroxylation sites is 1. The normalized spacial score (nSPS) is 17.1. The highest BCUT2D eigenvalue weighted by Crippen LogP contribution is 2.25. The second-order valence-electron chi connectivity index (χ2n) is 5.74. The molecule has 1 aliphatic heterocycles.